The van der Waals surface area contributed by atoms with Crippen molar-refractivity contribution in [3.8, 4) is 0 Å². The Labute approximate surface area is 211 Å². The molecule has 200 valence electrons. The Morgan fingerprint density at radius 1 is 1.19 bits per heavy atom. The van der Waals surface area contributed by atoms with E-state index in [1.807, 2.05) is 4.72 Å². The molecular formula is C22H27FN6O7S. The van der Waals surface area contributed by atoms with Crippen LogP contribution in [-0.4, -0.2) is 77.4 Å². The SMILES string of the molecule is O=C(CCNC(=O)[C@@H]1CCCCN1C(=O)NS(=O)(=O)c1ccc(F)cc1)N[C@@H](Cc1cnc[nH]1)C(=O)O. The minimum Gasteiger partial charge on any atom is -0.480 e. The first-order chi connectivity index (χ1) is 17.6. The van der Waals surface area contributed by atoms with Gasteiger partial charge in [-0.2, -0.15) is 0 Å². The van der Waals surface area contributed by atoms with Crippen LogP contribution < -0.4 is 15.4 Å². The van der Waals surface area contributed by atoms with Crippen molar-refractivity contribution in [3.63, 3.8) is 0 Å². The number of aliphatic carboxylic acids is 1. The third-order valence-corrected chi connectivity index (χ3v) is 7.01. The van der Waals surface area contributed by atoms with Crippen LogP contribution in [0, 0.1) is 5.82 Å². The molecule has 2 atom stereocenters. The van der Waals surface area contributed by atoms with Gasteiger partial charge < -0.3 is 25.6 Å². The number of urea groups is 1. The first-order valence-electron chi connectivity index (χ1n) is 11.4. The Balaban J connectivity index is 1.52. The van der Waals surface area contributed by atoms with Gasteiger partial charge in [-0.15, -0.1) is 0 Å². The number of carbonyl (C=O) groups excluding carboxylic acids is 3. The summed E-state index contributed by atoms with van der Waals surface area (Å²) in [6, 6.07) is 0.771. The Bertz CT molecular complexity index is 1220. The smallest absolute Gasteiger partial charge is 0.331 e. The van der Waals surface area contributed by atoms with Gasteiger partial charge in [0, 0.05) is 37.8 Å². The molecule has 0 aliphatic carbocycles. The summed E-state index contributed by atoms with van der Waals surface area (Å²) >= 11 is 0. The number of carboxylic acid groups (broad SMARTS) is 1. The van der Waals surface area contributed by atoms with Crippen LogP contribution >= 0.6 is 0 Å². The number of nitrogens with zero attached hydrogens (tertiary/aromatic N) is 2. The number of piperidine rings is 1. The summed E-state index contributed by atoms with van der Waals surface area (Å²) in [6.07, 6.45) is 4.09. The van der Waals surface area contributed by atoms with E-state index in [0.29, 0.717) is 18.5 Å². The number of aromatic amines is 1. The molecule has 1 fully saturated rings. The number of aromatic nitrogens is 2. The van der Waals surface area contributed by atoms with E-state index in [4.69, 9.17) is 0 Å². The summed E-state index contributed by atoms with van der Waals surface area (Å²) < 4.78 is 40.0. The average Bonchev–Trinajstić information content (AvgIpc) is 3.36. The maximum absolute atomic E-state index is 13.1. The summed E-state index contributed by atoms with van der Waals surface area (Å²) in [4.78, 5) is 56.5. The van der Waals surface area contributed by atoms with E-state index in [-0.39, 0.29) is 37.2 Å². The largest absolute Gasteiger partial charge is 0.480 e. The second-order valence-corrected chi connectivity index (χ2v) is 10.0. The standard InChI is InChI=1S/C22H27FN6O7S/c23-14-4-6-16(7-5-14)37(35,36)28-22(34)29-10-2-1-3-18(29)20(31)25-9-8-19(30)27-17(21(32)33)11-15-12-24-13-26-15/h4-7,12-13,17-18H,1-3,8-11H2,(H,24,26)(H,25,31)(H,27,30)(H,28,34)(H,32,33)/t17-,18-/m0/s1. The van der Waals surface area contributed by atoms with Gasteiger partial charge in [-0.25, -0.2) is 32.1 Å². The highest BCUT2D eigenvalue weighted by Crippen LogP contribution is 2.18. The van der Waals surface area contributed by atoms with Crippen LogP contribution in [0.4, 0.5) is 9.18 Å². The van der Waals surface area contributed by atoms with E-state index in [0.717, 1.165) is 29.2 Å². The maximum Gasteiger partial charge on any atom is 0.331 e. The third kappa shape index (κ3) is 7.73. The number of benzene rings is 1. The molecule has 0 bridgehead atoms. The molecule has 13 nitrogen and oxygen atoms in total. The maximum atomic E-state index is 13.1. The number of halogens is 1. The molecule has 4 amide bonds. The highest BCUT2D eigenvalue weighted by molar-refractivity contribution is 7.90. The lowest BCUT2D eigenvalue weighted by molar-refractivity contribution is -0.141. The zero-order chi connectivity index (χ0) is 27.0. The quantitative estimate of drug-likeness (QED) is 0.282. The van der Waals surface area contributed by atoms with E-state index in [1.54, 1.807) is 0 Å². The van der Waals surface area contributed by atoms with Crippen molar-refractivity contribution in [1.29, 1.82) is 0 Å². The van der Waals surface area contributed by atoms with E-state index >= 15 is 0 Å². The fourth-order valence-electron chi connectivity index (χ4n) is 3.79. The predicted molar refractivity (Wildman–Crippen MR) is 126 cm³/mol. The highest BCUT2D eigenvalue weighted by Gasteiger charge is 2.34. The van der Waals surface area contributed by atoms with Crippen molar-refractivity contribution in [1.82, 2.24) is 30.2 Å². The van der Waals surface area contributed by atoms with Gasteiger partial charge in [0.25, 0.3) is 10.0 Å². The number of nitrogens with one attached hydrogen (secondary N) is 4. The zero-order valence-corrected chi connectivity index (χ0v) is 20.5. The summed E-state index contributed by atoms with van der Waals surface area (Å²) in [5.41, 5.74) is 0.526. The molecular weight excluding hydrogens is 511 g/mol. The van der Waals surface area contributed by atoms with Crippen molar-refractivity contribution in [2.45, 2.75) is 49.1 Å². The number of amides is 4. The van der Waals surface area contributed by atoms with Crippen molar-refractivity contribution >= 4 is 33.8 Å². The molecule has 0 spiro atoms. The molecule has 37 heavy (non-hydrogen) atoms. The minimum absolute atomic E-state index is 0.000405. The molecule has 3 rings (SSSR count). The van der Waals surface area contributed by atoms with E-state index < -0.39 is 51.7 Å². The molecule has 1 saturated heterocycles. The second-order valence-electron chi connectivity index (χ2n) is 8.35. The first kappa shape index (κ1) is 27.6. The van der Waals surface area contributed by atoms with Crippen LogP contribution in [0.15, 0.2) is 41.7 Å². The fourth-order valence-corrected chi connectivity index (χ4v) is 4.75. The van der Waals surface area contributed by atoms with Gasteiger partial charge in [0.1, 0.15) is 17.9 Å². The molecule has 1 aromatic carbocycles. The molecule has 0 radical (unpaired) electrons. The van der Waals surface area contributed by atoms with Crippen LogP contribution in [0.3, 0.4) is 0 Å². The van der Waals surface area contributed by atoms with Crippen molar-refractivity contribution < 1.29 is 37.1 Å². The van der Waals surface area contributed by atoms with E-state index in [2.05, 4.69) is 20.6 Å². The zero-order valence-electron chi connectivity index (χ0n) is 19.6. The molecule has 2 aromatic rings. The summed E-state index contributed by atoms with van der Waals surface area (Å²) in [6.45, 7) is 0.0120. The lowest BCUT2D eigenvalue weighted by Gasteiger charge is -2.34. The van der Waals surface area contributed by atoms with Crippen molar-refractivity contribution in [3.05, 3.63) is 48.3 Å². The number of H-pyrrole nitrogens is 1. The van der Waals surface area contributed by atoms with Gasteiger partial charge in [0.05, 0.1) is 11.2 Å². The molecule has 0 unspecified atom stereocenters. The lowest BCUT2D eigenvalue weighted by Crippen LogP contribution is -2.55. The number of carboxylic acids is 1. The van der Waals surface area contributed by atoms with Gasteiger partial charge in [0.15, 0.2) is 0 Å². The number of carbonyl (C=O) groups is 4. The number of likely N-dealkylation sites (tertiary alicyclic amines) is 1. The van der Waals surface area contributed by atoms with Gasteiger partial charge in [-0.05, 0) is 43.5 Å². The van der Waals surface area contributed by atoms with E-state index in [9.17, 15) is 37.1 Å². The lowest BCUT2D eigenvalue weighted by atomic mass is 10.0. The number of hydrogen-bond donors (Lipinski definition) is 5. The average molecular weight is 539 g/mol. The molecule has 15 heteroatoms. The topological polar surface area (TPSA) is 191 Å². The van der Waals surface area contributed by atoms with Crippen LogP contribution in [0.5, 0.6) is 0 Å². The second kappa shape index (κ2) is 12.3. The van der Waals surface area contributed by atoms with Gasteiger partial charge in [0.2, 0.25) is 11.8 Å². The Morgan fingerprint density at radius 3 is 2.57 bits per heavy atom. The first-order valence-corrected chi connectivity index (χ1v) is 12.9. The molecule has 0 saturated carbocycles. The Morgan fingerprint density at radius 2 is 1.92 bits per heavy atom. The highest BCUT2D eigenvalue weighted by atomic mass is 32.2. The van der Waals surface area contributed by atoms with Crippen molar-refractivity contribution in [2.75, 3.05) is 13.1 Å². The van der Waals surface area contributed by atoms with Crippen LogP contribution in [0.2, 0.25) is 0 Å². The molecule has 1 aliphatic rings. The Hall–Kier alpha value is -4.01. The van der Waals surface area contributed by atoms with Crippen LogP contribution in [0.25, 0.3) is 0 Å². The summed E-state index contributed by atoms with van der Waals surface area (Å²) in [5, 5.41) is 14.2. The molecule has 5 N–H and O–H groups in total. The van der Waals surface area contributed by atoms with Gasteiger partial charge in [-0.1, -0.05) is 0 Å². The number of imidazole rings is 1. The normalized spacial score (nSPS) is 16.5. The predicted octanol–water partition coefficient (Wildman–Crippen LogP) is 0.120. The van der Waals surface area contributed by atoms with Crippen LogP contribution in [-0.2, 0) is 30.8 Å². The van der Waals surface area contributed by atoms with Gasteiger partial charge >= 0.3 is 12.0 Å². The third-order valence-electron chi connectivity index (χ3n) is 5.68. The molecule has 1 aliphatic heterocycles. The number of hydrogen-bond acceptors (Lipinski definition) is 7. The fraction of sp³-hybridized carbons (Fsp3) is 0.409. The summed E-state index contributed by atoms with van der Waals surface area (Å²) in [5.74, 6) is -3.04. The molecule has 1 aromatic heterocycles. The van der Waals surface area contributed by atoms with Crippen LogP contribution in [0.1, 0.15) is 31.4 Å². The Kier molecular flexibility index (Phi) is 9.16. The number of sulfonamides is 1. The van der Waals surface area contributed by atoms with Gasteiger partial charge in [-0.3, -0.25) is 9.59 Å². The summed E-state index contributed by atoms with van der Waals surface area (Å²) in [7, 11) is -4.29. The monoisotopic (exact) mass is 538 g/mol. The van der Waals surface area contributed by atoms with E-state index in [1.165, 1.54) is 12.5 Å². The number of rotatable bonds is 10. The minimum atomic E-state index is -4.29. The van der Waals surface area contributed by atoms with Crippen molar-refractivity contribution in [2.24, 2.45) is 0 Å². The molecule has 2 heterocycles.